The summed E-state index contributed by atoms with van der Waals surface area (Å²) in [6, 6.07) is -0.526. The van der Waals surface area contributed by atoms with Crippen LogP contribution in [0.25, 0.3) is 0 Å². The molecular formula is C8H18N2O3S. The number of sulfonamides is 1. The van der Waals surface area contributed by atoms with Crippen LogP contribution in [0, 0.1) is 10.3 Å². The first-order valence-corrected chi connectivity index (χ1v) is 6.17. The molecule has 0 unspecified atom stereocenters. The second-order valence-corrected chi connectivity index (χ2v) is 6.62. The van der Waals surface area contributed by atoms with Crippen molar-refractivity contribution in [1.82, 2.24) is 4.31 Å². The summed E-state index contributed by atoms with van der Waals surface area (Å²) < 4.78 is 23.3. The third kappa shape index (κ3) is 4.15. The van der Waals surface area contributed by atoms with Gasteiger partial charge in [-0.2, -0.15) is 4.91 Å². The van der Waals surface area contributed by atoms with Crippen molar-refractivity contribution in [2.45, 2.75) is 26.8 Å². The van der Waals surface area contributed by atoms with Crippen LogP contribution in [0.5, 0.6) is 0 Å². The van der Waals surface area contributed by atoms with Crippen LogP contribution in [0.4, 0.5) is 0 Å². The molecule has 0 N–H and O–H groups in total. The molecule has 0 aromatic heterocycles. The van der Waals surface area contributed by atoms with Gasteiger partial charge < -0.3 is 0 Å². The molecule has 0 saturated heterocycles. The molecule has 5 nitrogen and oxygen atoms in total. The summed E-state index contributed by atoms with van der Waals surface area (Å²) in [5, 5.41) is 2.96. The highest BCUT2D eigenvalue weighted by molar-refractivity contribution is 7.88. The number of likely N-dealkylation sites (N-methyl/N-ethyl adjacent to an activating group) is 1. The molecule has 14 heavy (non-hydrogen) atoms. The van der Waals surface area contributed by atoms with Gasteiger partial charge in [-0.1, -0.05) is 25.9 Å². The molecule has 0 radical (unpaired) electrons. The van der Waals surface area contributed by atoms with Gasteiger partial charge in [-0.05, 0) is 5.41 Å². The predicted octanol–water partition coefficient (Wildman–Crippen LogP) is 1.06. The number of rotatable bonds is 4. The number of nitrogens with zero attached hydrogens (tertiary/aromatic N) is 2. The van der Waals surface area contributed by atoms with E-state index in [1.165, 1.54) is 7.05 Å². The molecule has 0 aliphatic carbocycles. The number of nitroso groups, excluding NO2 is 1. The van der Waals surface area contributed by atoms with Gasteiger partial charge in [-0.3, -0.25) is 0 Å². The van der Waals surface area contributed by atoms with Gasteiger partial charge in [0.25, 0.3) is 0 Å². The fourth-order valence-electron chi connectivity index (χ4n) is 0.844. The van der Waals surface area contributed by atoms with Gasteiger partial charge in [-0.25, -0.2) is 12.7 Å². The largest absolute Gasteiger partial charge is 0.213 e. The van der Waals surface area contributed by atoms with E-state index >= 15 is 0 Å². The molecule has 0 aromatic carbocycles. The van der Waals surface area contributed by atoms with Gasteiger partial charge in [0.05, 0.1) is 6.26 Å². The van der Waals surface area contributed by atoms with Crippen LogP contribution in [0.3, 0.4) is 0 Å². The Morgan fingerprint density at radius 2 is 1.79 bits per heavy atom. The highest BCUT2D eigenvalue weighted by Gasteiger charge is 2.29. The molecule has 0 spiro atoms. The van der Waals surface area contributed by atoms with Gasteiger partial charge >= 0.3 is 0 Å². The van der Waals surface area contributed by atoms with Gasteiger partial charge in [0, 0.05) is 13.6 Å². The maximum Gasteiger partial charge on any atom is 0.211 e. The number of hydrogen-bond donors (Lipinski definition) is 0. The molecule has 0 aromatic rings. The van der Waals surface area contributed by atoms with E-state index in [4.69, 9.17) is 0 Å². The average molecular weight is 222 g/mol. The van der Waals surface area contributed by atoms with Crippen LogP contribution in [0.15, 0.2) is 5.18 Å². The second kappa shape index (κ2) is 4.35. The van der Waals surface area contributed by atoms with Gasteiger partial charge in [0.1, 0.15) is 6.04 Å². The molecule has 0 saturated carbocycles. The van der Waals surface area contributed by atoms with E-state index in [2.05, 4.69) is 5.18 Å². The lowest BCUT2D eigenvalue weighted by Crippen LogP contribution is -2.38. The Bertz CT molecular complexity index is 292. The van der Waals surface area contributed by atoms with E-state index in [-0.39, 0.29) is 12.0 Å². The Morgan fingerprint density at radius 1 is 1.36 bits per heavy atom. The quantitative estimate of drug-likeness (QED) is 0.668. The van der Waals surface area contributed by atoms with Gasteiger partial charge in [0.2, 0.25) is 10.0 Å². The van der Waals surface area contributed by atoms with Crippen LogP contribution in [0.2, 0.25) is 0 Å². The first-order valence-electron chi connectivity index (χ1n) is 4.33. The molecule has 0 fully saturated rings. The standard InChI is InChI=1S/C8H18N2O3S/c1-8(2,3)7(9-11)6-10(4)14(5,12)13/h7H,6H2,1-5H3/t7-/m1/s1. The van der Waals surface area contributed by atoms with Crippen LogP contribution in [-0.2, 0) is 10.0 Å². The van der Waals surface area contributed by atoms with Crippen LogP contribution >= 0.6 is 0 Å². The van der Waals surface area contributed by atoms with E-state index in [1.54, 1.807) is 0 Å². The van der Waals surface area contributed by atoms with Crippen molar-refractivity contribution in [3.05, 3.63) is 4.91 Å². The molecule has 0 aliphatic rings. The summed E-state index contributed by atoms with van der Waals surface area (Å²) in [6.07, 6.45) is 1.11. The zero-order valence-electron chi connectivity index (χ0n) is 9.31. The minimum absolute atomic E-state index is 0.131. The molecule has 6 heteroatoms. The lowest BCUT2D eigenvalue weighted by molar-refractivity contribution is 0.280. The Labute approximate surface area is 85.5 Å². The van der Waals surface area contributed by atoms with Crippen LogP contribution in [-0.4, -0.2) is 38.6 Å². The Kier molecular flexibility index (Phi) is 4.20. The van der Waals surface area contributed by atoms with Crippen molar-refractivity contribution in [3.63, 3.8) is 0 Å². The molecule has 0 heterocycles. The van der Waals surface area contributed by atoms with Crippen molar-refractivity contribution in [2.75, 3.05) is 19.8 Å². The maximum atomic E-state index is 11.1. The zero-order valence-corrected chi connectivity index (χ0v) is 10.1. The Hall–Kier alpha value is -0.490. The first kappa shape index (κ1) is 13.5. The summed E-state index contributed by atoms with van der Waals surface area (Å²) in [6.45, 7) is 5.70. The topological polar surface area (TPSA) is 66.8 Å². The monoisotopic (exact) mass is 222 g/mol. The molecule has 0 amide bonds. The summed E-state index contributed by atoms with van der Waals surface area (Å²) in [7, 11) is -1.79. The highest BCUT2D eigenvalue weighted by Crippen LogP contribution is 2.23. The molecule has 0 aliphatic heterocycles. The van der Waals surface area contributed by atoms with Crippen molar-refractivity contribution in [2.24, 2.45) is 10.6 Å². The summed E-state index contributed by atoms with van der Waals surface area (Å²) >= 11 is 0. The maximum absolute atomic E-state index is 11.1. The van der Waals surface area contributed by atoms with Crippen LogP contribution in [0.1, 0.15) is 20.8 Å². The fourth-order valence-corrected chi connectivity index (χ4v) is 1.26. The molecule has 1 atom stereocenters. The Morgan fingerprint density at radius 3 is 2.00 bits per heavy atom. The second-order valence-electron chi connectivity index (χ2n) is 4.53. The summed E-state index contributed by atoms with van der Waals surface area (Å²) in [5.41, 5.74) is -0.319. The lowest BCUT2D eigenvalue weighted by atomic mass is 9.87. The van der Waals surface area contributed by atoms with Gasteiger partial charge in [-0.15, -0.1) is 0 Å². The van der Waals surface area contributed by atoms with Crippen molar-refractivity contribution >= 4 is 10.0 Å². The van der Waals surface area contributed by atoms with E-state index in [0.717, 1.165) is 10.6 Å². The SMILES string of the molecule is CN(C[C@@H](N=O)C(C)(C)C)S(C)(=O)=O. The smallest absolute Gasteiger partial charge is 0.211 e. The fraction of sp³-hybridized carbons (Fsp3) is 1.00. The van der Waals surface area contributed by atoms with Crippen molar-refractivity contribution in [1.29, 1.82) is 0 Å². The first-order chi connectivity index (χ1) is 6.09. The molecule has 0 rings (SSSR count). The number of hydrogen-bond acceptors (Lipinski definition) is 4. The van der Waals surface area contributed by atoms with Crippen molar-refractivity contribution in [3.8, 4) is 0 Å². The van der Waals surface area contributed by atoms with Crippen LogP contribution < -0.4 is 0 Å². The minimum atomic E-state index is -3.23. The van der Waals surface area contributed by atoms with E-state index < -0.39 is 16.1 Å². The average Bonchev–Trinajstić information content (AvgIpc) is 1.95. The normalized spacial score (nSPS) is 15.6. The third-order valence-corrected chi connectivity index (χ3v) is 3.40. The molecule has 0 bridgehead atoms. The summed E-state index contributed by atoms with van der Waals surface area (Å²) in [4.78, 5) is 10.5. The van der Waals surface area contributed by atoms with E-state index in [9.17, 15) is 13.3 Å². The van der Waals surface area contributed by atoms with Gasteiger partial charge in [0.15, 0.2) is 0 Å². The lowest BCUT2D eigenvalue weighted by Gasteiger charge is -2.27. The minimum Gasteiger partial charge on any atom is -0.213 e. The predicted molar refractivity (Wildman–Crippen MR) is 56.5 cm³/mol. The zero-order chi connectivity index (χ0) is 11.6. The van der Waals surface area contributed by atoms with E-state index in [0.29, 0.717) is 0 Å². The third-order valence-electron chi connectivity index (χ3n) is 2.12. The Balaban J connectivity index is 4.58. The van der Waals surface area contributed by atoms with Crippen molar-refractivity contribution < 1.29 is 8.42 Å². The van der Waals surface area contributed by atoms with E-state index in [1.807, 2.05) is 20.8 Å². The molecular weight excluding hydrogens is 204 g/mol. The highest BCUT2D eigenvalue weighted by atomic mass is 32.2. The molecule has 84 valence electrons. The summed E-state index contributed by atoms with van der Waals surface area (Å²) in [5.74, 6) is 0.